The van der Waals surface area contributed by atoms with Crippen LogP contribution < -0.4 is 5.32 Å². The van der Waals surface area contributed by atoms with E-state index in [1.54, 1.807) is 0 Å². The summed E-state index contributed by atoms with van der Waals surface area (Å²) >= 11 is 0. The highest BCUT2D eigenvalue weighted by molar-refractivity contribution is 5.30. The maximum absolute atomic E-state index is 4.38. The van der Waals surface area contributed by atoms with Crippen molar-refractivity contribution in [2.45, 2.75) is 13.5 Å². The van der Waals surface area contributed by atoms with Crippen LogP contribution in [0.25, 0.3) is 5.69 Å². The van der Waals surface area contributed by atoms with E-state index in [1.165, 1.54) is 5.56 Å². The molecule has 0 spiro atoms. The Kier molecular flexibility index (Phi) is 5.12. The molecular weight excluding hydrogens is 236 g/mol. The summed E-state index contributed by atoms with van der Waals surface area (Å²) < 4.78 is 1.91. The molecule has 0 saturated heterocycles. The fourth-order valence-corrected chi connectivity index (χ4v) is 1.83. The average molecular weight is 258 g/mol. The molecule has 0 atom stereocenters. The quantitative estimate of drug-likeness (QED) is 0.770. The molecule has 0 radical (unpaired) electrons. The molecule has 0 aliphatic carbocycles. The molecule has 0 bridgehead atoms. The smallest absolute Gasteiger partial charge is 0.0645 e. The highest BCUT2D eigenvalue weighted by atomic mass is 15.3. The van der Waals surface area contributed by atoms with E-state index in [4.69, 9.17) is 0 Å². The molecule has 0 aliphatic rings. The first-order valence-electron chi connectivity index (χ1n) is 6.78. The molecule has 0 amide bonds. The maximum Gasteiger partial charge on any atom is 0.0645 e. The van der Waals surface area contributed by atoms with E-state index in [2.05, 4.69) is 47.6 Å². The third kappa shape index (κ3) is 4.19. The lowest BCUT2D eigenvalue weighted by Crippen LogP contribution is -2.28. The van der Waals surface area contributed by atoms with Gasteiger partial charge in [-0.1, -0.05) is 25.1 Å². The summed E-state index contributed by atoms with van der Waals surface area (Å²) in [4.78, 5) is 2.29. The molecule has 0 saturated carbocycles. The summed E-state index contributed by atoms with van der Waals surface area (Å²) in [5, 5.41) is 7.82. The van der Waals surface area contributed by atoms with Crippen molar-refractivity contribution in [3.05, 3.63) is 48.3 Å². The van der Waals surface area contributed by atoms with Crippen LogP contribution in [-0.4, -0.2) is 41.4 Å². The summed E-state index contributed by atoms with van der Waals surface area (Å²) in [6.45, 7) is 6.20. The van der Waals surface area contributed by atoms with Crippen LogP contribution in [-0.2, 0) is 6.54 Å². The molecular formula is C15H22N4. The Bertz CT molecular complexity index is 478. The first-order chi connectivity index (χ1) is 9.29. The topological polar surface area (TPSA) is 33.1 Å². The number of hydrogen-bond donors (Lipinski definition) is 1. The zero-order valence-electron chi connectivity index (χ0n) is 11.7. The average Bonchev–Trinajstić information content (AvgIpc) is 2.93. The zero-order valence-corrected chi connectivity index (χ0v) is 11.7. The lowest BCUT2D eigenvalue weighted by molar-refractivity contribution is 0.349. The SMILES string of the molecule is CCN(C)CCNCc1cnn(-c2ccccc2)c1. The Morgan fingerprint density at radius 1 is 1.26 bits per heavy atom. The van der Waals surface area contributed by atoms with Gasteiger partial charge in [0.15, 0.2) is 0 Å². The minimum atomic E-state index is 0.865. The monoisotopic (exact) mass is 258 g/mol. The van der Waals surface area contributed by atoms with Crippen LogP contribution in [0.4, 0.5) is 0 Å². The molecule has 0 fully saturated rings. The van der Waals surface area contributed by atoms with Crippen LogP contribution in [0.3, 0.4) is 0 Å². The van der Waals surface area contributed by atoms with Gasteiger partial charge in [-0.15, -0.1) is 0 Å². The van der Waals surface area contributed by atoms with Gasteiger partial charge >= 0.3 is 0 Å². The molecule has 2 aromatic rings. The Morgan fingerprint density at radius 2 is 2.05 bits per heavy atom. The van der Waals surface area contributed by atoms with Crippen LogP contribution >= 0.6 is 0 Å². The number of nitrogens with zero attached hydrogens (tertiary/aromatic N) is 3. The first kappa shape index (κ1) is 13.8. The summed E-state index contributed by atoms with van der Waals surface area (Å²) in [7, 11) is 2.13. The van der Waals surface area contributed by atoms with Crippen LogP contribution in [0.15, 0.2) is 42.7 Å². The predicted molar refractivity (Wildman–Crippen MR) is 78.4 cm³/mol. The third-order valence-corrected chi connectivity index (χ3v) is 3.20. The van der Waals surface area contributed by atoms with Crippen molar-refractivity contribution in [1.82, 2.24) is 20.0 Å². The summed E-state index contributed by atoms with van der Waals surface area (Å²) in [6.07, 6.45) is 4.00. The van der Waals surface area contributed by atoms with Crippen molar-refractivity contribution >= 4 is 0 Å². The van der Waals surface area contributed by atoms with Gasteiger partial charge in [0, 0.05) is 31.4 Å². The van der Waals surface area contributed by atoms with Gasteiger partial charge in [0.2, 0.25) is 0 Å². The zero-order chi connectivity index (χ0) is 13.5. The lowest BCUT2D eigenvalue weighted by Gasteiger charge is -2.13. The number of benzene rings is 1. The van der Waals surface area contributed by atoms with Crippen molar-refractivity contribution in [3.8, 4) is 5.69 Å². The molecule has 1 aromatic heterocycles. The molecule has 4 nitrogen and oxygen atoms in total. The largest absolute Gasteiger partial charge is 0.311 e. The molecule has 1 heterocycles. The van der Waals surface area contributed by atoms with Gasteiger partial charge in [0.05, 0.1) is 11.9 Å². The van der Waals surface area contributed by atoms with Crippen molar-refractivity contribution in [2.24, 2.45) is 0 Å². The second-order valence-electron chi connectivity index (χ2n) is 4.70. The van der Waals surface area contributed by atoms with Crippen LogP contribution in [0.2, 0.25) is 0 Å². The van der Waals surface area contributed by atoms with Gasteiger partial charge in [-0.05, 0) is 25.7 Å². The van der Waals surface area contributed by atoms with E-state index < -0.39 is 0 Å². The van der Waals surface area contributed by atoms with Crippen LogP contribution in [0.1, 0.15) is 12.5 Å². The van der Waals surface area contributed by atoms with Crippen LogP contribution in [0.5, 0.6) is 0 Å². The minimum absolute atomic E-state index is 0.865. The van der Waals surface area contributed by atoms with E-state index in [-0.39, 0.29) is 0 Å². The number of hydrogen-bond acceptors (Lipinski definition) is 3. The van der Waals surface area contributed by atoms with E-state index >= 15 is 0 Å². The summed E-state index contributed by atoms with van der Waals surface area (Å²) in [5.41, 5.74) is 2.31. The van der Waals surface area contributed by atoms with Crippen molar-refractivity contribution < 1.29 is 0 Å². The minimum Gasteiger partial charge on any atom is -0.311 e. The highest BCUT2D eigenvalue weighted by Gasteiger charge is 2.00. The maximum atomic E-state index is 4.38. The molecule has 0 aliphatic heterocycles. The number of nitrogens with one attached hydrogen (secondary N) is 1. The Morgan fingerprint density at radius 3 is 2.79 bits per heavy atom. The number of rotatable bonds is 7. The van der Waals surface area contributed by atoms with Crippen LogP contribution in [0, 0.1) is 0 Å². The molecule has 1 aromatic carbocycles. The Labute approximate surface area is 115 Å². The summed E-state index contributed by atoms with van der Waals surface area (Å²) in [5.74, 6) is 0. The standard InChI is InChI=1S/C15H22N4/c1-3-18(2)10-9-16-11-14-12-17-19(13-14)15-7-5-4-6-8-15/h4-8,12-13,16H,3,9-11H2,1-2H3. The van der Waals surface area contributed by atoms with E-state index in [0.717, 1.165) is 31.9 Å². The molecule has 1 N–H and O–H groups in total. The number of para-hydroxylation sites is 1. The van der Waals surface area contributed by atoms with Crippen molar-refractivity contribution in [2.75, 3.05) is 26.7 Å². The van der Waals surface area contributed by atoms with E-state index in [9.17, 15) is 0 Å². The fourth-order valence-electron chi connectivity index (χ4n) is 1.83. The van der Waals surface area contributed by atoms with Gasteiger partial charge in [0.1, 0.15) is 0 Å². The second kappa shape index (κ2) is 7.07. The first-order valence-corrected chi connectivity index (χ1v) is 6.78. The number of aromatic nitrogens is 2. The van der Waals surface area contributed by atoms with E-state index in [0.29, 0.717) is 0 Å². The van der Waals surface area contributed by atoms with Crippen molar-refractivity contribution in [3.63, 3.8) is 0 Å². The molecule has 2 rings (SSSR count). The third-order valence-electron chi connectivity index (χ3n) is 3.20. The van der Waals surface area contributed by atoms with Crippen molar-refractivity contribution in [1.29, 1.82) is 0 Å². The molecule has 4 heteroatoms. The lowest BCUT2D eigenvalue weighted by atomic mass is 10.3. The Balaban J connectivity index is 1.82. The molecule has 19 heavy (non-hydrogen) atoms. The van der Waals surface area contributed by atoms with Gasteiger partial charge in [-0.3, -0.25) is 0 Å². The number of likely N-dealkylation sites (N-methyl/N-ethyl adjacent to an activating group) is 1. The van der Waals surface area contributed by atoms with Gasteiger partial charge in [0.25, 0.3) is 0 Å². The van der Waals surface area contributed by atoms with Gasteiger partial charge < -0.3 is 10.2 Å². The normalized spacial score (nSPS) is 11.1. The highest BCUT2D eigenvalue weighted by Crippen LogP contribution is 2.07. The predicted octanol–water partition coefficient (Wildman–Crippen LogP) is 1.91. The fraction of sp³-hybridized carbons (Fsp3) is 0.400. The summed E-state index contributed by atoms with van der Waals surface area (Å²) in [6, 6.07) is 10.2. The van der Waals surface area contributed by atoms with Gasteiger partial charge in [-0.25, -0.2) is 4.68 Å². The Hall–Kier alpha value is -1.65. The van der Waals surface area contributed by atoms with E-state index in [1.807, 2.05) is 29.1 Å². The molecule has 0 unspecified atom stereocenters. The van der Waals surface area contributed by atoms with Gasteiger partial charge in [-0.2, -0.15) is 5.10 Å². The second-order valence-corrected chi connectivity index (χ2v) is 4.70. The molecule has 102 valence electrons.